The molecule has 0 bridgehead atoms. The summed E-state index contributed by atoms with van der Waals surface area (Å²) in [5.41, 5.74) is -2.44. The van der Waals surface area contributed by atoms with Crippen LogP contribution in [0, 0.1) is 17.3 Å². The zero-order valence-electron chi connectivity index (χ0n) is 17.0. The first-order chi connectivity index (χ1) is 13.6. The first kappa shape index (κ1) is 25.8. The van der Waals surface area contributed by atoms with Gasteiger partial charge in [-0.2, -0.15) is 0 Å². The second kappa shape index (κ2) is 11.6. The molecular formula is C17H24O12. The summed E-state index contributed by atoms with van der Waals surface area (Å²) in [5, 5.41) is 0. The topological polar surface area (TPSA) is 158 Å². The fourth-order valence-electron chi connectivity index (χ4n) is 2.68. The molecule has 0 atom stereocenters. The average Bonchev–Trinajstić information content (AvgIpc) is 2.76. The van der Waals surface area contributed by atoms with Gasteiger partial charge in [-0.05, 0) is 12.8 Å². The van der Waals surface area contributed by atoms with Crippen LogP contribution in [0.15, 0.2) is 0 Å². The van der Waals surface area contributed by atoms with Crippen LogP contribution in [0.25, 0.3) is 0 Å². The van der Waals surface area contributed by atoms with Crippen molar-refractivity contribution in [3.63, 3.8) is 0 Å². The molecule has 0 aromatic heterocycles. The number of esters is 6. The summed E-state index contributed by atoms with van der Waals surface area (Å²) < 4.78 is 27.4. The van der Waals surface area contributed by atoms with Gasteiger partial charge in [0.1, 0.15) is 0 Å². The van der Waals surface area contributed by atoms with E-state index in [1.165, 1.54) is 0 Å². The van der Waals surface area contributed by atoms with Gasteiger partial charge in [0, 0.05) is 0 Å². The molecule has 12 nitrogen and oxygen atoms in total. The number of rotatable bonds is 10. The molecule has 164 valence electrons. The van der Waals surface area contributed by atoms with Crippen LogP contribution in [-0.4, -0.2) is 78.5 Å². The van der Waals surface area contributed by atoms with Gasteiger partial charge in [-0.25, -0.2) is 0 Å². The molecule has 0 aliphatic rings. The molecule has 0 amide bonds. The number of hydrogen-bond acceptors (Lipinski definition) is 12. The molecule has 0 aliphatic heterocycles. The van der Waals surface area contributed by atoms with Crippen LogP contribution in [0.1, 0.15) is 12.8 Å². The predicted molar refractivity (Wildman–Crippen MR) is 90.7 cm³/mol. The van der Waals surface area contributed by atoms with E-state index in [2.05, 4.69) is 28.4 Å². The minimum atomic E-state index is -2.44. The molecule has 0 unspecified atom stereocenters. The highest BCUT2D eigenvalue weighted by molar-refractivity contribution is 6.04. The molecule has 0 radical (unpaired) electrons. The Morgan fingerprint density at radius 3 is 0.931 bits per heavy atom. The zero-order chi connectivity index (χ0) is 22.8. The Bertz CT molecular complexity index is 565. The molecule has 0 rings (SSSR count). The first-order valence-corrected chi connectivity index (χ1v) is 8.08. The maximum absolute atomic E-state index is 12.6. The number of ether oxygens (including phenoxy) is 6. The van der Waals surface area contributed by atoms with Crippen LogP contribution < -0.4 is 0 Å². The standard InChI is InChI=1S/C17H24O12/c1-24-11(18)9(12(19)25-2)7-17(15(22)28-5,16(23)29-6)8-10(13(20)26-3)14(21)27-4/h9-10H,7-8H2,1-6H3. The molecule has 0 saturated heterocycles. The lowest BCUT2D eigenvalue weighted by Gasteiger charge is -2.31. The monoisotopic (exact) mass is 420 g/mol. The van der Waals surface area contributed by atoms with Gasteiger partial charge in [0.05, 0.1) is 42.7 Å². The van der Waals surface area contributed by atoms with Gasteiger partial charge in [-0.15, -0.1) is 0 Å². The van der Waals surface area contributed by atoms with E-state index in [4.69, 9.17) is 0 Å². The number of carbonyl (C=O) groups is 6. The van der Waals surface area contributed by atoms with Gasteiger partial charge >= 0.3 is 35.8 Å². The highest BCUT2D eigenvalue weighted by atomic mass is 16.6. The summed E-state index contributed by atoms with van der Waals surface area (Å²) >= 11 is 0. The summed E-state index contributed by atoms with van der Waals surface area (Å²) in [4.78, 5) is 73.5. The van der Waals surface area contributed by atoms with Crippen LogP contribution in [-0.2, 0) is 57.2 Å². The molecular weight excluding hydrogens is 396 g/mol. The van der Waals surface area contributed by atoms with Crippen molar-refractivity contribution >= 4 is 35.8 Å². The van der Waals surface area contributed by atoms with Crippen molar-refractivity contribution in [1.29, 1.82) is 0 Å². The molecule has 12 heteroatoms. The summed E-state index contributed by atoms with van der Waals surface area (Å²) in [6.45, 7) is 0. The smallest absolute Gasteiger partial charge is 0.323 e. The lowest BCUT2D eigenvalue weighted by Crippen LogP contribution is -2.48. The van der Waals surface area contributed by atoms with E-state index >= 15 is 0 Å². The fourth-order valence-corrected chi connectivity index (χ4v) is 2.68. The molecule has 29 heavy (non-hydrogen) atoms. The van der Waals surface area contributed by atoms with E-state index in [1.807, 2.05) is 0 Å². The Morgan fingerprint density at radius 2 is 0.759 bits per heavy atom. The van der Waals surface area contributed by atoms with E-state index < -0.39 is 65.9 Å². The molecule has 0 spiro atoms. The van der Waals surface area contributed by atoms with Crippen molar-refractivity contribution in [2.24, 2.45) is 17.3 Å². The lowest BCUT2D eigenvalue weighted by molar-refractivity contribution is -0.177. The number of carbonyl (C=O) groups excluding carboxylic acids is 6. The van der Waals surface area contributed by atoms with Gasteiger partial charge in [0.2, 0.25) is 0 Å². The van der Waals surface area contributed by atoms with Gasteiger partial charge in [0.15, 0.2) is 17.3 Å². The number of methoxy groups -OCH3 is 6. The van der Waals surface area contributed by atoms with E-state index in [-0.39, 0.29) is 0 Å². The fraction of sp³-hybridized carbons (Fsp3) is 0.647. The normalized spacial score (nSPS) is 10.8. The highest BCUT2D eigenvalue weighted by Crippen LogP contribution is 2.38. The Morgan fingerprint density at radius 1 is 0.517 bits per heavy atom. The van der Waals surface area contributed by atoms with E-state index in [0.717, 1.165) is 42.7 Å². The van der Waals surface area contributed by atoms with Crippen molar-refractivity contribution in [1.82, 2.24) is 0 Å². The quantitative estimate of drug-likeness (QED) is 0.242. The van der Waals surface area contributed by atoms with Crippen LogP contribution in [0.2, 0.25) is 0 Å². The second-order valence-corrected chi connectivity index (χ2v) is 5.67. The van der Waals surface area contributed by atoms with Crippen molar-refractivity contribution < 1.29 is 57.2 Å². The summed E-state index contributed by atoms with van der Waals surface area (Å²) in [5.74, 6) is -10.6. The minimum Gasteiger partial charge on any atom is -0.468 e. The summed E-state index contributed by atoms with van der Waals surface area (Å²) in [6.07, 6.45) is -1.73. The third-order valence-electron chi connectivity index (χ3n) is 4.20. The van der Waals surface area contributed by atoms with Crippen LogP contribution >= 0.6 is 0 Å². The van der Waals surface area contributed by atoms with Crippen molar-refractivity contribution in [3.8, 4) is 0 Å². The maximum Gasteiger partial charge on any atom is 0.323 e. The molecule has 0 aromatic carbocycles. The molecule has 0 heterocycles. The summed E-state index contributed by atoms with van der Waals surface area (Å²) in [6, 6.07) is 0. The van der Waals surface area contributed by atoms with Crippen LogP contribution in [0.5, 0.6) is 0 Å². The van der Waals surface area contributed by atoms with Gasteiger partial charge in [-0.1, -0.05) is 0 Å². The SMILES string of the molecule is COC(=O)C(CC(CC(C(=O)OC)C(=O)OC)(C(=O)OC)C(=O)OC)C(=O)OC. The van der Waals surface area contributed by atoms with Crippen LogP contribution in [0.3, 0.4) is 0 Å². The van der Waals surface area contributed by atoms with Gasteiger partial charge in [0.25, 0.3) is 0 Å². The third kappa shape index (κ3) is 5.90. The Hall–Kier alpha value is -3.18. The Labute approximate surface area is 166 Å². The Kier molecular flexibility index (Phi) is 10.3. The van der Waals surface area contributed by atoms with Gasteiger partial charge < -0.3 is 28.4 Å². The highest BCUT2D eigenvalue weighted by Gasteiger charge is 2.56. The lowest BCUT2D eigenvalue weighted by atomic mass is 9.72. The molecule has 0 aliphatic carbocycles. The second-order valence-electron chi connectivity index (χ2n) is 5.67. The van der Waals surface area contributed by atoms with E-state index in [1.54, 1.807) is 0 Å². The first-order valence-electron chi connectivity index (χ1n) is 8.08. The van der Waals surface area contributed by atoms with Crippen LogP contribution in [0.4, 0.5) is 0 Å². The van der Waals surface area contributed by atoms with Crippen molar-refractivity contribution in [2.75, 3.05) is 42.7 Å². The van der Waals surface area contributed by atoms with Crippen molar-refractivity contribution in [3.05, 3.63) is 0 Å². The van der Waals surface area contributed by atoms with Gasteiger partial charge in [-0.3, -0.25) is 28.8 Å². The maximum atomic E-state index is 12.6. The third-order valence-corrected chi connectivity index (χ3v) is 4.20. The zero-order valence-corrected chi connectivity index (χ0v) is 17.0. The van der Waals surface area contributed by atoms with E-state index in [0.29, 0.717) is 0 Å². The van der Waals surface area contributed by atoms with E-state index in [9.17, 15) is 28.8 Å². The molecule has 0 N–H and O–H groups in total. The molecule has 0 fully saturated rings. The molecule has 0 aromatic rings. The summed E-state index contributed by atoms with van der Waals surface area (Å²) in [7, 11) is 5.75. The molecule has 0 saturated carbocycles. The number of hydrogen-bond donors (Lipinski definition) is 0. The largest absolute Gasteiger partial charge is 0.468 e. The minimum absolute atomic E-state index is 0.865. The van der Waals surface area contributed by atoms with Crippen molar-refractivity contribution in [2.45, 2.75) is 12.8 Å². The Balaban J connectivity index is 6.57. The predicted octanol–water partition coefficient (Wildman–Crippen LogP) is -0.977. The average molecular weight is 420 g/mol.